The number of hydrogen-bond acceptors (Lipinski definition) is 2. The van der Waals surface area contributed by atoms with Gasteiger partial charge in [0.2, 0.25) is 0 Å². The number of ether oxygens (including phenoxy) is 1. The van der Waals surface area contributed by atoms with Gasteiger partial charge in [-0.3, -0.25) is 0 Å². The molecule has 0 saturated heterocycles. The van der Waals surface area contributed by atoms with Gasteiger partial charge in [-0.15, -0.1) is 0 Å². The Morgan fingerprint density at radius 3 is 2.29 bits per heavy atom. The molecule has 1 aromatic rings. The number of nitrogens with one attached hydrogen (secondary N) is 2. The van der Waals surface area contributed by atoms with Crippen LogP contribution in [0.15, 0.2) is 24.3 Å². The molecule has 0 radical (unpaired) electrons. The number of benzene rings is 1. The average Bonchev–Trinajstić information content (AvgIpc) is 2.38. The summed E-state index contributed by atoms with van der Waals surface area (Å²) in [6.07, 6.45) is 2.18. The number of rotatable bonds is 7. The first-order valence-electron chi connectivity index (χ1n) is 6.99. The number of alkyl halides is 2. The molecule has 6 heteroatoms. The van der Waals surface area contributed by atoms with E-state index in [9.17, 15) is 8.78 Å². The van der Waals surface area contributed by atoms with Crippen molar-refractivity contribution in [3.05, 3.63) is 24.3 Å². The van der Waals surface area contributed by atoms with E-state index in [-0.39, 0.29) is 11.8 Å². The fraction of sp³-hybridized carbons (Fsp3) is 0.533. The van der Waals surface area contributed by atoms with Crippen LogP contribution >= 0.6 is 12.2 Å². The van der Waals surface area contributed by atoms with Crippen LogP contribution in [0.4, 0.5) is 14.5 Å². The highest BCUT2D eigenvalue weighted by molar-refractivity contribution is 7.80. The number of hydrogen-bond donors (Lipinski definition) is 2. The largest absolute Gasteiger partial charge is 0.435 e. The van der Waals surface area contributed by atoms with Crippen molar-refractivity contribution in [3.8, 4) is 5.75 Å². The van der Waals surface area contributed by atoms with E-state index in [1.807, 2.05) is 0 Å². The highest BCUT2D eigenvalue weighted by Crippen LogP contribution is 2.17. The summed E-state index contributed by atoms with van der Waals surface area (Å²) in [6, 6.07) is 6.52. The quantitative estimate of drug-likeness (QED) is 0.731. The van der Waals surface area contributed by atoms with E-state index < -0.39 is 6.61 Å². The topological polar surface area (TPSA) is 33.3 Å². The van der Waals surface area contributed by atoms with Crippen LogP contribution in [0.5, 0.6) is 5.75 Å². The summed E-state index contributed by atoms with van der Waals surface area (Å²) in [5.41, 5.74) is 0.727. The predicted octanol–water partition coefficient (Wildman–Crippen LogP) is 4.40. The van der Waals surface area contributed by atoms with Gasteiger partial charge < -0.3 is 15.4 Å². The molecular weight excluding hydrogens is 294 g/mol. The van der Waals surface area contributed by atoms with Crippen LogP contribution in [-0.4, -0.2) is 17.8 Å². The predicted molar refractivity (Wildman–Crippen MR) is 86.0 cm³/mol. The van der Waals surface area contributed by atoms with E-state index in [1.54, 1.807) is 12.1 Å². The molecular formula is C15H22F2N2OS. The third-order valence-corrected chi connectivity index (χ3v) is 3.11. The molecule has 0 amide bonds. The molecule has 0 aliphatic carbocycles. The SMILES string of the molecule is CC(C)CC[C@H](C)NC(=S)Nc1ccc(OC(F)F)cc1. The Bertz CT molecular complexity index is 438. The minimum absolute atomic E-state index is 0.125. The maximum atomic E-state index is 12.0. The highest BCUT2D eigenvalue weighted by Gasteiger charge is 2.07. The zero-order valence-corrected chi connectivity index (χ0v) is 13.3. The van der Waals surface area contributed by atoms with Crippen molar-refractivity contribution in [3.63, 3.8) is 0 Å². The number of anilines is 1. The number of halogens is 2. The second-order valence-electron chi connectivity index (χ2n) is 5.37. The highest BCUT2D eigenvalue weighted by atomic mass is 32.1. The van der Waals surface area contributed by atoms with Gasteiger partial charge in [0.05, 0.1) is 0 Å². The van der Waals surface area contributed by atoms with Crippen molar-refractivity contribution in [2.24, 2.45) is 5.92 Å². The first-order valence-corrected chi connectivity index (χ1v) is 7.40. The lowest BCUT2D eigenvalue weighted by Crippen LogP contribution is -2.36. The lowest BCUT2D eigenvalue weighted by Gasteiger charge is -2.18. The standard InChI is InChI=1S/C15H22F2N2OS/c1-10(2)4-5-11(3)18-15(21)19-12-6-8-13(9-7-12)20-14(16)17/h6-11,14H,4-5H2,1-3H3,(H2,18,19,21)/t11-/m0/s1. The summed E-state index contributed by atoms with van der Waals surface area (Å²) in [7, 11) is 0. The number of thiocarbonyl (C=S) groups is 1. The van der Waals surface area contributed by atoms with Crippen LogP contribution in [0, 0.1) is 5.92 Å². The average molecular weight is 316 g/mol. The third-order valence-electron chi connectivity index (χ3n) is 2.89. The van der Waals surface area contributed by atoms with Gasteiger partial charge in [0.15, 0.2) is 5.11 Å². The summed E-state index contributed by atoms with van der Waals surface area (Å²) in [6.45, 7) is 3.64. The zero-order chi connectivity index (χ0) is 15.8. The summed E-state index contributed by atoms with van der Waals surface area (Å²) >= 11 is 5.22. The molecule has 118 valence electrons. The maximum absolute atomic E-state index is 12.0. The van der Waals surface area contributed by atoms with Crippen LogP contribution < -0.4 is 15.4 Å². The van der Waals surface area contributed by atoms with Crippen LogP contribution in [0.3, 0.4) is 0 Å². The minimum atomic E-state index is -2.81. The smallest absolute Gasteiger partial charge is 0.387 e. The normalized spacial score (nSPS) is 12.3. The molecule has 0 aromatic heterocycles. The zero-order valence-electron chi connectivity index (χ0n) is 12.5. The van der Waals surface area contributed by atoms with Crippen molar-refractivity contribution in [1.29, 1.82) is 0 Å². The molecule has 0 fully saturated rings. The van der Waals surface area contributed by atoms with Crippen molar-refractivity contribution in [1.82, 2.24) is 5.32 Å². The van der Waals surface area contributed by atoms with Gasteiger partial charge in [-0.05, 0) is 62.2 Å². The molecule has 0 heterocycles. The van der Waals surface area contributed by atoms with Crippen molar-refractivity contribution >= 4 is 23.0 Å². The molecule has 0 unspecified atom stereocenters. The van der Waals surface area contributed by atoms with Gasteiger partial charge >= 0.3 is 6.61 Å². The molecule has 3 nitrogen and oxygen atoms in total. The molecule has 0 bridgehead atoms. The van der Waals surface area contributed by atoms with E-state index in [4.69, 9.17) is 12.2 Å². The van der Waals surface area contributed by atoms with Crippen molar-refractivity contribution in [2.75, 3.05) is 5.32 Å². The summed E-state index contributed by atoms with van der Waals surface area (Å²) < 4.78 is 28.4. The van der Waals surface area contributed by atoms with Gasteiger partial charge in [0.1, 0.15) is 5.75 Å². The first kappa shape index (κ1) is 17.6. The fourth-order valence-corrected chi connectivity index (χ4v) is 2.09. The Morgan fingerprint density at radius 1 is 1.14 bits per heavy atom. The van der Waals surface area contributed by atoms with Gasteiger partial charge in [-0.1, -0.05) is 13.8 Å². The van der Waals surface area contributed by atoms with Crippen LogP contribution in [-0.2, 0) is 0 Å². The summed E-state index contributed by atoms with van der Waals surface area (Å²) in [4.78, 5) is 0. The van der Waals surface area contributed by atoms with Gasteiger partial charge in [-0.25, -0.2) is 0 Å². The molecule has 0 spiro atoms. The van der Waals surface area contributed by atoms with E-state index >= 15 is 0 Å². The van der Waals surface area contributed by atoms with Crippen LogP contribution in [0.25, 0.3) is 0 Å². The van der Waals surface area contributed by atoms with Crippen molar-refractivity contribution < 1.29 is 13.5 Å². The second-order valence-corrected chi connectivity index (χ2v) is 5.78. The molecule has 0 saturated carbocycles. The molecule has 1 atom stereocenters. The molecule has 21 heavy (non-hydrogen) atoms. The molecule has 1 aromatic carbocycles. The summed E-state index contributed by atoms with van der Waals surface area (Å²) in [5, 5.41) is 6.74. The van der Waals surface area contributed by atoms with Crippen LogP contribution in [0.1, 0.15) is 33.6 Å². The van der Waals surface area contributed by atoms with Gasteiger partial charge in [-0.2, -0.15) is 8.78 Å². The molecule has 0 aliphatic heterocycles. The second kappa shape index (κ2) is 8.77. The minimum Gasteiger partial charge on any atom is -0.435 e. The van der Waals surface area contributed by atoms with Gasteiger partial charge in [0.25, 0.3) is 0 Å². The Labute approximate surface area is 130 Å². The lowest BCUT2D eigenvalue weighted by atomic mass is 10.0. The van der Waals surface area contributed by atoms with E-state index in [0.29, 0.717) is 11.0 Å². The molecule has 2 N–H and O–H groups in total. The fourth-order valence-electron chi connectivity index (χ4n) is 1.77. The van der Waals surface area contributed by atoms with E-state index in [1.165, 1.54) is 12.1 Å². The summed E-state index contributed by atoms with van der Waals surface area (Å²) in [5.74, 6) is 0.790. The third kappa shape index (κ3) is 7.80. The lowest BCUT2D eigenvalue weighted by molar-refractivity contribution is -0.0498. The maximum Gasteiger partial charge on any atom is 0.387 e. The monoisotopic (exact) mass is 316 g/mol. The van der Waals surface area contributed by atoms with Crippen LogP contribution in [0.2, 0.25) is 0 Å². The Hall–Kier alpha value is -1.43. The molecule has 0 aliphatic rings. The van der Waals surface area contributed by atoms with E-state index in [2.05, 4.69) is 36.1 Å². The van der Waals surface area contributed by atoms with Crippen molar-refractivity contribution in [2.45, 2.75) is 46.3 Å². The van der Waals surface area contributed by atoms with E-state index in [0.717, 1.165) is 18.5 Å². The Balaban J connectivity index is 2.40. The Kier molecular flexibility index (Phi) is 7.36. The Morgan fingerprint density at radius 2 is 1.76 bits per heavy atom. The molecule has 1 rings (SSSR count). The van der Waals surface area contributed by atoms with Gasteiger partial charge in [0, 0.05) is 11.7 Å². The first-order chi connectivity index (χ1) is 9.86.